The monoisotopic (exact) mass is 479 g/mol. The molecule has 0 saturated heterocycles. The zero-order valence-corrected chi connectivity index (χ0v) is 17.1. The van der Waals surface area contributed by atoms with Gasteiger partial charge in [0.2, 0.25) is 5.96 Å². The Morgan fingerprint density at radius 3 is 2.63 bits per heavy atom. The molecule has 2 N–H and O–H groups in total. The van der Waals surface area contributed by atoms with Crippen molar-refractivity contribution in [3.8, 4) is 0 Å². The second kappa shape index (κ2) is 8.51. The number of anilines is 1. The van der Waals surface area contributed by atoms with Crippen LogP contribution in [0.15, 0.2) is 64.8 Å². The van der Waals surface area contributed by atoms with Crippen LogP contribution in [0.4, 0.5) is 10.1 Å². The number of nitrogens with zero attached hydrogens (tertiary/aromatic N) is 1. The fourth-order valence-corrected chi connectivity index (χ4v) is 3.31. The van der Waals surface area contributed by atoms with E-state index in [-0.39, 0.29) is 12.4 Å². The van der Waals surface area contributed by atoms with Crippen molar-refractivity contribution in [2.45, 2.75) is 19.9 Å². The van der Waals surface area contributed by atoms with E-state index in [4.69, 9.17) is 4.74 Å². The van der Waals surface area contributed by atoms with Gasteiger partial charge >= 0.3 is 5.97 Å². The molecule has 0 spiro atoms. The molecule has 1 aliphatic rings. The van der Waals surface area contributed by atoms with E-state index in [0.29, 0.717) is 22.8 Å². The Morgan fingerprint density at radius 2 is 1.96 bits per heavy atom. The van der Waals surface area contributed by atoms with Crippen LogP contribution < -0.4 is 10.6 Å². The van der Waals surface area contributed by atoms with Crippen LogP contribution in [-0.2, 0) is 9.53 Å². The largest absolute Gasteiger partial charge is 0.463 e. The van der Waals surface area contributed by atoms with Crippen molar-refractivity contribution >= 4 is 40.2 Å². The summed E-state index contributed by atoms with van der Waals surface area (Å²) in [5.74, 6) is -0.264. The molecule has 1 atom stereocenters. The highest BCUT2D eigenvalue weighted by molar-refractivity contribution is 14.1. The molecule has 1 unspecified atom stereocenters. The third-order valence-electron chi connectivity index (χ3n) is 4.05. The van der Waals surface area contributed by atoms with Gasteiger partial charge < -0.3 is 15.4 Å². The Bertz CT molecular complexity index is 910. The summed E-state index contributed by atoms with van der Waals surface area (Å²) in [6.45, 7) is 3.82. The predicted octanol–water partition coefficient (Wildman–Crippen LogP) is 4.38. The van der Waals surface area contributed by atoms with E-state index in [1.54, 1.807) is 26.0 Å². The summed E-state index contributed by atoms with van der Waals surface area (Å²) in [4.78, 5) is 17.2. The Labute approximate surface area is 170 Å². The maximum atomic E-state index is 13.4. The highest BCUT2D eigenvalue weighted by Gasteiger charge is 2.30. The van der Waals surface area contributed by atoms with Gasteiger partial charge in [0.05, 0.1) is 17.9 Å². The molecule has 5 nitrogen and oxygen atoms in total. The van der Waals surface area contributed by atoms with Gasteiger partial charge in [0.25, 0.3) is 0 Å². The van der Waals surface area contributed by atoms with Crippen LogP contribution in [0.2, 0.25) is 0 Å². The molecule has 0 aliphatic carbocycles. The van der Waals surface area contributed by atoms with Gasteiger partial charge in [0.15, 0.2) is 0 Å². The first-order valence-electron chi connectivity index (χ1n) is 8.49. The van der Waals surface area contributed by atoms with Crippen molar-refractivity contribution in [2.75, 3.05) is 11.9 Å². The number of allylic oxidation sites excluding steroid dienone is 1. The molecule has 2 aromatic rings. The number of rotatable bonds is 4. The number of carbonyl (C=O) groups excluding carboxylic acids is 1. The van der Waals surface area contributed by atoms with Crippen molar-refractivity contribution < 1.29 is 13.9 Å². The molecular formula is C20H19FIN3O2. The third-order valence-corrected chi connectivity index (χ3v) is 4.99. The van der Waals surface area contributed by atoms with Crippen LogP contribution in [0.1, 0.15) is 25.5 Å². The van der Waals surface area contributed by atoms with E-state index in [9.17, 15) is 9.18 Å². The summed E-state index contributed by atoms with van der Waals surface area (Å²) in [5, 5.41) is 6.39. The van der Waals surface area contributed by atoms with Crippen LogP contribution in [0.3, 0.4) is 0 Å². The third kappa shape index (κ3) is 4.47. The SMILES string of the molecule is CCOC(=O)C1=C(C)NC(Nc2ccccc2I)=NC1c1ccc(F)cc1. The first kappa shape index (κ1) is 19.3. The van der Waals surface area contributed by atoms with Crippen LogP contribution in [-0.4, -0.2) is 18.5 Å². The molecule has 0 amide bonds. The molecule has 27 heavy (non-hydrogen) atoms. The van der Waals surface area contributed by atoms with E-state index in [2.05, 4.69) is 38.2 Å². The fraction of sp³-hybridized carbons (Fsp3) is 0.200. The van der Waals surface area contributed by atoms with E-state index in [1.165, 1.54) is 12.1 Å². The highest BCUT2D eigenvalue weighted by Crippen LogP contribution is 2.32. The lowest BCUT2D eigenvalue weighted by Gasteiger charge is -2.26. The van der Waals surface area contributed by atoms with E-state index < -0.39 is 12.0 Å². The Morgan fingerprint density at radius 1 is 1.26 bits per heavy atom. The van der Waals surface area contributed by atoms with Gasteiger partial charge in [-0.25, -0.2) is 14.2 Å². The molecule has 1 heterocycles. The smallest absolute Gasteiger partial charge is 0.338 e. The average Bonchev–Trinajstić information content (AvgIpc) is 2.64. The number of carbonyl (C=O) groups is 1. The van der Waals surface area contributed by atoms with Crippen molar-refractivity contribution in [3.63, 3.8) is 0 Å². The second-order valence-corrected chi connectivity index (χ2v) is 7.08. The molecule has 0 fully saturated rings. The van der Waals surface area contributed by atoms with Crippen molar-refractivity contribution in [1.29, 1.82) is 0 Å². The minimum Gasteiger partial charge on any atom is -0.463 e. The number of nitrogens with one attached hydrogen (secondary N) is 2. The number of guanidine groups is 1. The molecule has 3 rings (SSSR count). The van der Waals surface area contributed by atoms with Crippen molar-refractivity contribution in [2.24, 2.45) is 4.99 Å². The Hall–Kier alpha value is -2.42. The quantitative estimate of drug-likeness (QED) is 0.505. The zero-order chi connectivity index (χ0) is 19.4. The summed E-state index contributed by atoms with van der Waals surface area (Å²) in [6, 6.07) is 13.2. The number of hydrogen-bond donors (Lipinski definition) is 2. The van der Waals surface area contributed by atoms with Gasteiger partial charge in [-0.1, -0.05) is 24.3 Å². The maximum absolute atomic E-state index is 13.4. The van der Waals surface area contributed by atoms with Gasteiger partial charge in [0, 0.05) is 9.27 Å². The number of benzene rings is 2. The van der Waals surface area contributed by atoms with Gasteiger partial charge in [-0.05, 0) is 66.3 Å². The van der Waals surface area contributed by atoms with Crippen molar-refractivity contribution in [1.82, 2.24) is 5.32 Å². The number of para-hydroxylation sites is 1. The molecule has 1 aliphatic heterocycles. The molecule has 0 saturated carbocycles. The number of ether oxygens (including phenoxy) is 1. The normalized spacial score (nSPS) is 16.4. The van der Waals surface area contributed by atoms with Gasteiger partial charge in [-0.3, -0.25) is 0 Å². The number of esters is 1. The van der Waals surface area contributed by atoms with Gasteiger partial charge in [0.1, 0.15) is 11.9 Å². The topological polar surface area (TPSA) is 62.7 Å². The minimum atomic E-state index is -0.588. The van der Waals surface area contributed by atoms with Crippen molar-refractivity contribution in [3.05, 3.63) is 74.8 Å². The van der Waals surface area contributed by atoms with E-state index in [0.717, 1.165) is 9.26 Å². The maximum Gasteiger partial charge on any atom is 0.338 e. The molecule has 0 bridgehead atoms. The lowest BCUT2D eigenvalue weighted by atomic mass is 9.96. The molecule has 7 heteroatoms. The first-order chi connectivity index (χ1) is 13.0. The second-order valence-electron chi connectivity index (χ2n) is 5.92. The van der Waals surface area contributed by atoms with Crippen LogP contribution in [0, 0.1) is 9.39 Å². The fourth-order valence-electron chi connectivity index (χ4n) is 2.79. The molecule has 0 radical (unpaired) electrons. The summed E-state index contributed by atoms with van der Waals surface area (Å²) in [5.41, 5.74) is 2.67. The number of aliphatic imine (C=N–C) groups is 1. The molecule has 2 aromatic carbocycles. The van der Waals surface area contributed by atoms with Crippen LogP contribution in [0.25, 0.3) is 0 Å². The molecule has 140 valence electrons. The molecule has 0 aromatic heterocycles. The van der Waals surface area contributed by atoms with E-state index in [1.807, 2.05) is 24.3 Å². The van der Waals surface area contributed by atoms with Crippen LogP contribution >= 0.6 is 22.6 Å². The zero-order valence-electron chi connectivity index (χ0n) is 14.9. The molecular weight excluding hydrogens is 460 g/mol. The highest BCUT2D eigenvalue weighted by atomic mass is 127. The summed E-state index contributed by atoms with van der Waals surface area (Å²) >= 11 is 2.23. The Balaban J connectivity index is 1.99. The minimum absolute atomic E-state index is 0.267. The Kier molecular flexibility index (Phi) is 6.10. The lowest BCUT2D eigenvalue weighted by Crippen LogP contribution is -2.36. The number of hydrogen-bond acceptors (Lipinski definition) is 5. The number of halogens is 2. The standard InChI is InChI=1S/C20H19FIN3O2/c1-3-27-19(26)17-12(2)23-20(24-16-7-5-4-6-15(16)22)25-18(17)13-8-10-14(21)11-9-13/h4-11,18H,3H2,1-2H3,(H2,23,24,25). The van der Waals surface area contributed by atoms with Gasteiger partial charge in [-0.2, -0.15) is 0 Å². The van der Waals surface area contributed by atoms with E-state index >= 15 is 0 Å². The summed E-state index contributed by atoms with van der Waals surface area (Å²) < 4.78 is 19.6. The van der Waals surface area contributed by atoms with Crippen LogP contribution in [0.5, 0.6) is 0 Å². The predicted molar refractivity (Wildman–Crippen MR) is 112 cm³/mol. The summed E-state index contributed by atoms with van der Waals surface area (Å²) in [7, 11) is 0. The average molecular weight is 479 g/mol. The first-order valence-corrected chi connectivity index (χ1v) is 9.57. The summed E-state index contributed by atoms with van der Waals surface area (Å²) in [6.07, 6.45) is 0. The van der Waals surface area contributed by atoms with Gasteiger partial charge in [-0.15, -0.1) is 0 Å². The lowest BCUT2D eigenvalue weighted by molar-refractivity contribution is -0.138.